The second kappa shape index (κ2) is 4.49. The summed E-state index contributed by atoms with van der Waals surface area (Å²) in [6.45, 7) is 6.20. The molecule has 1 heterocycles. The van der Waals surface area contributed by atoms with E-state index in [4.69, 9.17) is 5.73 Å². The number of anilines is 1. The molecule has 2 rings (SSSR count). The summed E-state index contributed by atoms with van der Waals surface area (Å²) in [7, 11) is 0. The summed E-state index contributed by atoms with van der Waals surface area (Å²) in [5, 5.41) is 8.06. The summed E-state index contributed by atoms with van der Waals surface area (Å²) in [5.41, 5.74) is 8.94. The highest BCUT2D eigenvalue weighted by Gasteiger charge is 2.15. The summed E-state index contributed by atoms with van der Waals surface area (Å²) in [6.07, 6.45) is 0. The molecule has 0 spiro atoms. The highest BCUT2D eigenvalue weighted by atomic mass is 79.9. The van der Waals surface area contributed by atoms with Crippen molar-refractivity contribution in [1.82, 2.24) is 15.0 Å². The molecule has 0 aliphatic carbocycles. The molecule has 0 fully saturated rings. The molecule has 0 radical (unpaired) electrons. The molecule has 2 N–H and O–H groups in total. The topological polar surface area (TPSA) is 56.7 Å². The van der Waals surface area contributed by atoms with Crippen molar-refractivity contribution in [2.45, 2.75) is 26.7 Å². The molecule has 0 saturated heterocycles. The molecule has 90 valence electrons. The third kappa shape index (κ3) is 2.34. The summed E-state index contributed by atoms with van der Waals surface area (Å²) in [5.74, 6) is 0.780. The molecule has 4 nitrogen and oxygen atoms in total. The Morgan fingerprint density at radius 3 is 2.59 bits per heavy atom. The van der Waals surface area contributed by atoms with Crippen molar-refractivity contribution < 1.29 is 0 Å². The number of hydrogen-bond donors (Lipinski definition) is 1. The predicted molar refractivity (Wildman–Crippen MR) is 72.3 cm³/mol. The van der Waals surface area contributed by atoms with E-state index in [2.05, 4.69) is 52.2 Å². The van der Waals surface area contributed by atoms with Gasteiger partial charge in [-0.3, -0.25) is 0 Å². The minimum atomic E-state index is 0.282. The van der Waals surface area contributed by atoms with Crippen LogP contribution in [0, 0.1) is 6.92 Å². The number of halogens is 1. The fraction of sp³-hybridized carbons (Fsp3) is 0.333. The molecule has 0 unspecified atom stereocenters. The third-order valence-corrected chi connectivity index (χ3v) is 3.01. The molecule has 1 aromatic carbocycles. The number of hydrogen-bond acceptors (Lipinski definition) is 3. The highest BCUT2D eigenvalue weighted by Crippen LogP contribution is 2.25. The van der Waals surface area contributed by atoms with Gasteiger partial charge in [0.1, 0.15) is 0 Å². The predicted octanol–water partition coefficient (Wildman–Crippen LogP) is 3.04. The molecule has 17 heavy (non-hydrogen) atoms. The number of aryl methyl sites for hydroxylation is 1. The number of rotatable bonds is 2. The summed E-state index contributed by atoms with van der Waals surface area (Å²) in [4.78, 5) is 0. The van der Waals surface area contributed by atoms with Gasteiger partial charge in [-0.15, -0.1) is 5.10 Å². The molecule has 2 aromatic rings. The van der Waals surface area contributed by atoms with Gasteiger partial charge in [0, 0.05) is 4.47 Å². The maximum absolute atomic E-state index is 5.85. The third-order valence-electron chi connectivity index (χ3n) is 2.55. The van der Waals surface area contributed by atoms with Gasteiger partial charge in [0.25, 0.3) is 0 Å². The standard InChI is InChI=1S/C12H15BrN4/c1-7(2)11-12(14)15-16-17(11)10-5-8(3)4-9(13)6-10/h4-7H,14H2,1-3H3. The van der Waals surface area contributed by atoms with Gasteiger partial charge in [-0.25, -0.2) is 4.68 Å². The lowest BCUT2D eigenvalue weighted by Gasteiger charge is -2.10. The summed E-state index contributed by atoms with van der Waals surface area (Å²) < 4.78 is 2.83. The van der Waals surface area contributed by atoms with Crippen LogP contribution in [-0.2, 0) is 0 Å². The molecule has 5 heteroatoms. The quantitative estimate of drug-likeness (QED) is 0.926. The van der Waals surface area contributed by atoms with Crippen molar-refractivity contribution in [2.24, 2.45) is 0 Å². The first kappa shape index (κ1) is 12.1. The Labute approximate surface area is 109 Å². The number of aromatic nitrogens is 3. The van der Waals surface area contributed by atoms with Crippen molar-refractivity contribution in [3.05, 3.63) is 33.9 Å². The van der Waals surface area contributed by atoms with Gasteiger partial charge in [0.15, 0.2) is 5.82 Å². The molecule has 0 saturated carbocycles. The molecule has 0 aliphatic rings. The Balaban J connectivity index is 2.60. The van der Waals surface area contributed by atoms with Crippen LogP contribution in [0.3, 0.4) is 0 Å². The van der Waals surface area contributed by atoms with Crippen LogP contribution in [0.15, 0.2) is 22.7 Å². The van der Waals surface area contributed by atoms with E-state index < -0.39 is 0 Å². The maximum Gasteiger partial charge on any atom is 0.169 e. The Hall–Kier alpha value is -1.36. The van der Waals surface area contributed by atoms with E-state index in [0.29, 0.717) is 5.82 Å². The average molecular weight is 295 g/mol. The molecular weight excluding hydrogens is 280 g/mol. The minimum Gasteiger partial charge on any atom is -0.381 e. The molecule has 0 bridgehead atoms. The van der Waals surface area contributed by atoms with Gasteiger partial charge < -0.3 is 5.73 Å². The van der Waals surface area contributed by atoms with Gasteiger partial charge in [0.2, 0.25) is 0 Å². The molecular formula is C12H15BrN4. The number of nitrogens with two attached hydrogens (primary N) is 1. The van der Waals surface area contributed by atoms with E-state index in [1.807, 2.05) is 13.0 Å². The molecule has 0 aliphatic heterocycles. The lowest BCUT2D eigenvalue weighted by molar-refractivity contribution is 0.715. The van der Waals surface area contributed by atoms with Crippen molar-refractivity contribution in [2.75, 3.05) is 5.73 Å². The molecule has 0 amide bonds. The Morgan fingerprint density at radius 2 is 2.00 bits per heavy atom. The largest absolute Gasteiger partial charge is 0.381 e. The van der Waals surface area contributed by atoms with Crippen LogP contribution in [0.5, 0.6) is 0 Å². The monoisotopic (exact) mass is 294 g/mol. The highest BCUT2D eigenvalue weighted by molar-refractivity contribution is 9.10. The summed E-state index contributed by atoms with van der Waals surface area (Å²) >= 11 is 3.49. The van der Waals surface area contributed by atoms with Crippen molar-refractivity contribution in [1.29, 1.82) is 0 Å². The maximum atomic E-state index is 5.85. The van der Waals surface area contributed by atoms with Gasteiger partial charge in [0.05, 0.1) is 11.4 Å². The van der Waals surface area contributed by atoms with Crippen LogP contribution in [0.2, 0.25) is 0 Å². The van der Waals surface area contributed by atoms with E-state index in [0.717, 1.165) is 21.4 Å². The van der Waals surface area contributed by atoms with E-state index in [1.165, 1.54) is 0 Å². The van der Waals surface area contributed by atoms with Crippen LogP contribution in [0.4, 0.5) is 5.82 Å². The lowest BCUT2D eigenvalue weighted by atomic mass is 10.1. The zero-order valence-electron chi connectivity index (χ0n) is 10.1. The van der Waals surface area contributed by atoms with Crippen LogP contribution in [0.25, 0.3) is 5.69 Å². The Bertz CT molecular complexity index is 525. The second-order valence-electron chi connectivity index (χ2n) is 4.41. The first-order valence-corrected chi connectivity index (χ1v) is 6.27. The fourth-order valence-electron chi connectivity index (χ4n) is 1.87. The number of nitrogen functional groups attached to an aromatic ring is 1. The SMILES string of the molecule is Cc1cc(Br)cc(-n2nnc(N)c2C(C)C)c1. The van der Waals surface area contributed by atoms with Gasteiger partial charge >= 0.3 is 0 Å². The normalized spacial score (nSPS) is 11.1. The number of benzene rings is 1. The van der Waals surface area contributed by atoms with E-state index in [9.17, 15) is 0 Å². The van der Waals surface area contributed by atoms with Gasteiger partial charge in [-0.2, -0.15) is 0 Å². The zero-order valence-corrected chi connectivity index (χ0v) is 11.7. The zero-order chi connectivity index (χ0) is 12.6. The van der Waals surface area contributed by atoms with Gasteiger partial charge in [-0.05, 0) is 36.6 Å². The van der Waals surface area contributed by atoms with Gasteiger partial charge in [-0.1, -0.05) is 35.0 Å². The molecule has 0 atom stereocenters. The minimum absolute atomic E-state index is 0.282. The second-order valence-corrected chi connectivity index (χ2v) is 5.33. The van der Waals surface area contributed by atoms with Crippen molar-refractivity contribution in [3.8, 4) is 5.69 Å². The fourth-order valence-corrected chi connectivity index (χ4v) is 2.47. The van der Waals surface area contributed by atoms with E-state index in [1.54, 1.807) is 4.68 Å². The lowest BCUT2D eigenvalue weighted by Crippen LogP contribution is -2.05. The number of nitrogens with zero attached hydrogens (tertiary/aromatic N) is 3. The van der Waals surface area contributed by atoms with Crippen LogP contribution >= 0.6 is 15.9 Å². The van der Waals surface area contributed by atoms with E-state index >= 15 is 0 Å². The van der Waals surface area contributed by atoms with E-state index in [-0.39, 0.29) is 5.92 Å². The van der Waals surface area contributed by atoms with Crippen LogP contribution in [0.1, 0.15) is 31.0 Å². The van der Waals surface area contributed by atoms with Crippen LogP contribution < -0.4 is 5.73 Å². The summed E-state index contributed by atoms with van der Waals surface area (Å²) in [6, 6.07) is 6.12. The Kier molecular flexibility index (Phi) is 3.19. The average Bonchev–Trinajstić information content (AvgIpc) is 2.58. The Morgan fingerprint density at radius 1 is 1.29 bits per heavy atom. The van der Waals surface area contributed by atoms with Crippen LogP contribution in [-0.4, -0.2) is 15.0 Å². The first-order valence-electron chi connectivity index (χ1n) is 5.47. The smallest absolute Gasteiger partial charge is 0.169 e. The van der Waals surface area contributed by atoms with Crippen molar-refractivity contribution in [3.63, 3.8) is 0 Å². The van der Waals surface area contributed by atoms with Crippen molar-refractivity contribution >= 4 is 21.7 Å². The first-order chi connectivity index (χ1) is 7.99. The molecule has 1 aromatic heterocycles.